The minimum atomic E-state index is -3.95. The number of nitrogens with one attached hydrogen (secondary N) is 3. The van der Waals surface area contributed by atoms with Crippen LogP contribution in [0.1, 0.15) is 6.92 Å². The second-order valence-electron chi connectivity index (χ2n) is 5.10. The molecule has 0 fully saturated rings. The smallest absolute Gasteiger partial charge is 0.272 e. The number of hydrazine groups is 1. The van der Waals surface area contributed by atoms with Crippen LogP contribution in [0.4, 0.5) is 5.69 Å². The molecule has 0 aromatic heterocycles. The highest BCUT2D eigenvalue weighted by atomic mass is 79.9. The van der Waals surface area contributed by atoms with Crippen LogP contribution >= 0.6 is 15.9 Å². The molecular formula is C16H16BrN3O5S. The Morgan fingerprint density at radius 3 is 2.23 bits per heavy atom. The van der Waals surface area contributed by atoms with Crippen LogP contribution in [-0.2, 0) is 19.6 Å². The molecule has 3 N–H and O–H groups in total. The van der Waals surface area contributed by atoms with Gasteiger partial charge in [-0.2, -0.15) is 0 Å². The number of hydrogen-bond donors (Lipinski definition) is 3. The van der Waals surface area contributed by atoms with E-state index in [2.05, 4.69) is 26.7 Å². The molecule has 0 spiro atoms. The van der Waals surface area contributed by atoms with Gasteiger partial charge in [-0.3, -0.25) is 15.0 Å². The zero-order chi connectivity index (χ0) is 19.2. The average molecular weight is 442 g/mol. The molecule has 8 nitrogen and oxygen atoms in total. The number of rotatable bonds is 7. The summed E-state index contributed by atoms with van der Waals surface area (Å²) in [5.41, 5.74) is 2.53. The summed E-state index contributed by atoms with van der Waals surface area (Å²) >= 11 is 3.28. The fraction of sp³-hybridized carbons (Fsp3) is 0.125. The average Bonchev–Trinajstić information content (AvgIpc) is 2.59. The van der Waals surface area contributed by atoms with E-state index in [4.69, 9.17) is 4.74 Å². The van der Waals surface area contributed by atoms with Crippen molar-refractivity contribution in [3.05, 3.63) is 53.0 Å². The molecule has 2 amide bonds. The van der Waals surface area contributed by atoms with Gasteiger partial charge in [0.05, 0.1) is 4.90 Å². The lowest BCUT2D eigenvalue weighted by atomic mass is 10.3. The van der Waals surface area contributed by atoms with Gasteiger partial charge < -0.3 is 10.1 Å². The lowest BCUT2D eigenvalue weighted by Gasteiger charge is -2.10. The van der Waals surface area contributed by atoms with Crippen LogP contribution in [0.25, 0.3) is 0 Å². The molecule has 0 aliphatic heterocycles. The SMILES string of the molecule is CC(=O)Nc1ccc(S(=O)(=O)NNC(=O)COc2ccc(Br)cc2)cc1. The second kappa shape index (κ2) is 8.79. The molecular weight excluding hydrogens is 426 g/mol. The van der Waals surface area contributed by atoms with Gasteiger partial charge in [0, 0.05) is 17.1 Å². The molecule has 0 bridgehead atoms. The van der Waals surface area contributed by atoms with E-state index in [-0.39, 0.29) is 17.4 Å². The molecule has 0 atom stereocenters. The Balaban J connectivity index is 1.87. The Kier molecular flexibility index (Phi) is 6.72. The van der Waals surface area contributed by atoms with E-state index in [1.807, 2.05) is 4.83 Å². The van der Waals surface area contributed by atoms with Crippen LogP contribution in [0.2, 0.25) is 0 Å². The molecule has 0 radical (unpaired) electrons. The Labute approximate surface area is 159 Å². The van der Waals surface area contributed by atoms with Gasteiger partial charge in [-0.05, 0) is 48.5 Å². The molecule has 26 heavy (non-hydrogen) atoms. The van der Waals surface area contributed by atoms with Crippen LogP contribution in [0.3, 0.4) is 0 Å². The van der Waals surface area contributed by atoms with E-state index in [1.54, 1.807) is 24.3 Å². The van der Waals surface area contributed by atoms with Crippen molar-refractivity contribution in [2.75, 3.05) is 11.9 Å². The number of ether oxygens (including phenoxy) is 1. The Bertz CT molecular complexity index is 883. The second-order valence-corrected chi connectivity index (χ2v) is 7.70. The van der Waals surface area contributed by atoms with Crippen molar-refractivity contribution in [3.63, 3.8) is 0 Å². The first-order chi connectivity index (χ1) is 12.3. The topological polar surface area (TPSA) is 114 Å². The zero-order valence-corrected chi connectivity index (χ0v) is 16.1. The van der Waals surface area contributed by atoms with Crippen molar-refractivity contribution in [2.24, 2.45) is 0 Å². The molecule has 0 aliphatic carbocycles. The largest absolute Gasteiger partial charge is 0.484 e. The molecule has 10 heteroatoms. The Morgan fingerprint density at radius 1 is 1.04 bits per heavy atom. The van der Waals surface area contributed by atoms with Gasteiger partial charge in [0.25, 0.3) is 15.9 Å². The van der Waals surface area contributed by atoms with Crippen molar-refractivity contribution in [1.29, 1.82) is 0 Å². The third-order valence-electron chi connectivity index (χ3n) is 2.99. The Morgan fingerprint density at radius 2 is 1.65 bits per heavy atom. The number of anilines is 1. The summed E-state index contributed by atoms with van der Waals surface area (Å²) in [6.07, 6.45) is 0. The normalized spacial score (nSPS) is 10.8. The first-order valence-corrected chi connectivity index (χ1v) is 9.60. The number of sulfonamides is 1. The van der Waals surface area contributed by atoms with E-state index < -0.39 is 15.9 Å². The predicted octanol–water partition coefficient (Wildman–Crippen LogP) is 1.80. The number of hydrogen-bond acceptors (Lipinski definition) is 5. The molecule has 0 heterocycles. The van der Waals surface area contributed by atoms with Gasteiger partial charge in [-0.25, -0.2) is 8.42 Å². The van der Waals surface area contributed by atoms with E-state index >= 15 is 0 Å². The van der Waals surface area contributed by atoms with Gasteiger partial charge >= 0.3 is 0 Å². The summed E-state index contributed by atoms with van der Waals surface area (Å²) in [4.78, 5) is 24.6. The van der Waals surface area contributed by atoms with E-state index in [0.29, 0.717) is 11.4 Å². The van der Waals surface area contributed by atoms with Crippen LogP contribution in [0, 0.1) is 0 Å². The number of amides is 2. The van der Waals surface area contributed by atoms with Crippen molar-refractivity contribution in [2.45, 2.75) is 11.8 Å². The summed E-state index contributed by atoms with van der Waals surface area (Å²) in [5.74, 6) is -0.456. The molecule has 138 valence electrons. The quantitative estimate of drug-likeness (QED) is 0.566. The monoisotopic (exact) mass is 441 g/mol. The molecule has 0 aliphatic rings. The fourth-order valence-corrected chi connectivity index (χ4v) is 2.94. The van der Waals surface area contributed by atoms with Crippen molar-refractivity contribution >= 4 is 43.5 Å². The van der Waals surface area contributed by atoms with Crippen LogP contribution in [0.5, 0.6) is 5.75 Å². The minimum Gasteiger partial charge on any atom is -0.484 e. The van der Waals surface area contributed by atoms with Crippen LogP contribution in [0.15, 0.2) is 57.9 Å². The summed E-state index contributed by atoms with van der Waals surface area (Å²) < 4.78 is 30.4. The molecule has 2 aromatic rings. The predicted molar refractivity (Wildman–Crippen MR) is 98.8 cm³/mol. The number of carbonyl (C=O) groups excluding carboxylic acids is 2. The first kappa shape index (κ1) is 19.9. The number of benzene rings is 2. The maximum Gasteiger partial charge on any atom is 0.272 e. The van der Waals surface area contributed by atoms with E-state index in [1.165, 1.54) is 31.2 Å². The Hall–Kier alpha value is -2.43. The van der Waals surface area contributed by atoms with Gasteiger partial charge in [0.1, 0.15) is 5.75 Å². The molecule has 2 rings (SSSR count). The van der Waals surface area contributed by atoms with Crippen molar-refractivity contribution in [1.82, 2.24) is 10.3 Å². The summed E-state index contributed by atoms with van der Waals surface area (Å²) in [6.45, 7) is 0.990. The van der Waals surface area contributed by atoms with Gasteiger partial charge in [0.15, 0.2) is 6.61 Å². The maximum atomic E-state index is 12.1. The highest BCUT2D eigenvalue weighted by molar-refractivity contribution is 9.10. The van der Waals surface area contributed by atoms with E-state index in [0.717, 1.165) is 4.47 Å². The fourth-order valence-electron chi connectivity index (χ4n) is 1.82. The summed E-state index contributed by atoms with van der Waals surface area (Å²) in [7, 11) is -3.95. The number of carbonyl (C=O) groups is 2. The molecule has 0 saturated heterocycles. The van der Waals surface area contributed by atoms with Crippen molar-refractivity contribution < 1.29 is 22.7 Å². The number of halogens is 1. The molecule has 0 saturated carbocycles. The highest BCUT2D eigenvalue weighted by Crippen LogP contribution is 2.16. The zero-order valence-electron chi connectivity index (χ0n) is 13.7. The highest BCUT2D eigenvalue weighted by Gasteiger charge is 2.15. The lowest BCUT2D eigenvalue weighted by molar-refractivity contribution is -0.123. The summed E-state index contributed by atoms with van der Waals surface area (Å²) in [5, 5.41) is 2.53. The third kappa shape index (κ3) is 6.14. The van der Waals surface area contributed by atoms with Gasteiger partial charge in [-0.15, -0.1) is 4.83 Å². The van der Waals surface area contributed by atoms with Gasteiger partial charge in [0.2, 0.25) is 5.91 Å². The van der Waals surface area contributed by atoms with Crippen LogP contribution < -0.4 is 20.3 Å². The minimum absolute atomic E-state index is 0.0688. The van der Waals surface area contributed by atoms with Crippen LogP contribution in [-0.4, -0.2) is 26.8 Å². The third-order valence-corrected chi connectivity index (χ3v) is 4.79. The maximum absolute atomic E-state index is 12.1. The van der Waals surface area contributed by atoms with Crippen molar-refractivity contribution in [3.8, 4) is 5.75 Å². The first-order valence-electron chi connectivity index (χ1n) is 7.33. The van der Waals surface area contributed by atoms with E-state index in [9.17, 15) is 18.0 Å². The molecule has 0 unspecified atom stereocenters. The standard InChI is InChI=1S/C16H16BrN3O5S/c1-11(21)18-13-4-8-15(9-5-13)26(23,24)20-19-16(22)10-25-14-6-2-12(17)3-7-14/h2-9,20H,10H2,1H3,(H,18,21)(H,19,22). The summed E-state index contributed by atoms with van der Waals surface area (Å²) in [6, 6.07) is 12.3. The van der Waals surface area contributed by atoms with Gasteiger partial charge in [-0.1, -0.05) is 15.9 Å². The lowest BCUT2D eigenvalue weighted by Crippen LogP contribution is -2.43. The molecule has 2 aromatic carbocycles.